The predicted molar refractivity (Wildman–Crippen MR) is 89.5 cm³/mol. The van der Waals surface area contributed by atoms with Gasteiger partial charge in [-0.1, -0.05) is 29.3 Å². The van der Waals surface area contributed by atoms with Crippen molar-refractivity contribution in [2.45, 2.75) is 50.0 Å². The van der Waals surface area contributed by atoms with Gasteiger partial charge in [0.15, 0.2) is 0 Å². The van der Waals surface area contributed by atoms with E-state index in [2.05, 4.69) is 28.2 Å². The summed E-state index contributed by atoms with van der Waals surface area (Å²) >= 11 is 3.41. The zero-order chi connectivity index (χ0) is 14.4. The summed E-state index contributed by atoms with van der Waals surface area (Å²) in [5.41, 5.74) is 0. The molecule has 3 unspecified atom stereocenters. The highest BCUT2D eigenvalue weighted by molar-refractivity contribution is 9.10. The monoisotopic (exact) mass is 357 g/mol. The van der Waals surface area contributed by atoms with Gasteiger partial charge in [0, 0.05) is 21.2 Å². The van der Waals surface area contributed by atoms with E-state index in [1.807, 2.05) is 24.3 Å². The van der Waals surface area contributed by atoms with Crippen molar-refractivity contribution in [1.82, 2.24) is 5.32 Å². The maximum atomic E-state index is 12.3. The van der Waals surface area contributed by atoms with Crippen molar-refractivity contribution in [3.8, 4) is 0 Å². The van der Waals surface area contributed by atoms with Crippen LogP contribution in [0.15, 0.2) is 33.6 Å². The molecule has 1 fully saturated rings. The molecule has 20 heavy (non-hydrogen) atoms. The first kappa shape index (κ1) is 16.2. The number of rotatable bonds is 7. The lowest BCUT2D eigenvalue weighted by Crippen LogP contribution is -2.33. The van der Waals surface area contributed by atoms with E-state index in [-0.39, 0.29) is 0 Å². The summed E-state index contributed by atoms with van der Waals surface area (Å²) in [6, 6.07) is 8.50. The minimum absolute atomic E-state index is 0.650. The van der Waals surface area contributed by atoms with Crippen molar-refractivity contribution in [2.24, 2.45) is 5.92 Å². The Labute approximate surface area is 133 Å². The number of halogens is 1. The van der Waals surface area contributed by atoms with Gasteiger partial charge in [-0.25, -0.2) is 0 Å². The van der Waals surface area contributed by atoms with E-state index in [4.69, 9.17) is 0 Å². The van der Waals surface area contributed by atoms with Gasteiger partial charge in [-0.05, 0) is 62.4 Å². The number of nitrogens with one attached hydrogen (secondary N) is 1. The average Bonchev–Trinajstić information content (AvgIpc) is 2.90. The molecular formula is C16H24BrNOS. The predicted octanol–water partition coefficient (Wildman–Crippen LogP) is 4.12. The molecule has 0 radical (unpaired) electrons. The van der Waals surface area contributed by atoms with Crippen LogP contribution >= 0.6 is 15.9 Å². The van der Waals surface area contributed by atoms with Gasteiger partial charge in [0.1, 0.15) is 0 Å². The summed E-state index contributed by atoms with van der Waals surface area (Å²) in [4.78, 5) is 0.948. The van der Waals surface area contributed by atoms with Crippen molar-refractivity contribution >= 4 is 26.7 Å². The summed E-state index contributed by atoms with van der Waals surface area (Å²) in [7, 11) is -0.857. The van der Waals surface area contributed by atoms with Crippen LogP contribution in [0, 0.1) is 5.92 Å². The second-order valence-electron chi connectivity index (χ2n) is 5.54. The summed E-state index contributed by atoms with van der Waals surface area (Å²) in [6.07, 6.45) is 6.16. The van der Waals surface area contributed by atoms with E-state index in [0.717, 1.165) is 28.1 Å². The topological polar surface area (TPSA) is 29.1 Å². The molecular weight excluding hydrogens is 334 g/mol. The quantitative estimate of drug-likeness (QED) is 0.795. The van der Waals surface area contributed by atoms with Crippen LogP contribution < -0.4 is 5.32 Å². The largest absolute Gasteiger partial charge is 0.314 e. The first-order valence-corrected chi connectivity index (χ1v) is 9.69. The molecule has 1 aliphatic carbocycles. The van der Waals surface area contributed by atoms with Crippen LogP contribution in [0.5, 0.6) is 0 Å². The lowest BCUT2D eigenvalue weighted by atomic mass is 10.0. The molecule has 3 atom stereocenters. The van der Waals surface area contributed by atoms with Crippen LogP contribution in [0.4, 0.5) is 0 Å². The molecule has 2 nitrogen and oxygen atoms in total. The van der Waals surface area contributed by atoms with Gasteiger partial charge in [0.25, 0.3) is 0 Å². The molecule has 0 heterocycles. The van der Waals surface area contributed by atoms with Crippen molar-refractivity contribution in [3.63, 3.8) is 0 Å². The molecule has 0 bridgehead atoms. The first-order chi connectivity index (χ1) is 9.70. The Kier molecular flexibility index (Phi) is 6.72. The van der Waals surface area contributed by atoms with Gasteiger partial charge in [0.2, 0.25) is 0 Å². The minimum Gasteiger partial charge on any atom is -0.314 e. The van der Waals surface area contributed by atoms with Gasteiger partial charge < -0.3 is 5.32 Å². The fourth-order valence-corrected chi connectivity index (χ4v) is 4.40. The summed E-state index contributed by atoms with van der Waals surface area (Å²) in [6.45, 7) is 3.32. The van der Waals surface area contributed by atoms with E-state index < -0.39 is 10.8 Å². The number of hydrogen-bond donors (Lipinski definition) is 1. The molecule has 112 valence electrons. The van der Waals surface area contributed by atoms with Crippen LogP contribution in [-0.4, -0.2) is 22.5 Å². The van der Waals surface area contributed by atoms with Crippen LogP contribution in [-0.2, 0) is 10.8 Å². The van der Waals surface area contributed by atoms with E-state index in [9.17, 15) is 4.21 Å². The lowest BCUT2D eigenvalue weighted by molar-refractivity contribution is 0.393. The normalized spacial score (nSPS) is 23.9. The Morgan fingerprint density at radius 2 is 2.05 bits per heavy atom. The molecule has 1 aromatic rings. The maximum absolute atomic E-state index is 12.3. The minimum atomic E-state index is -0.857. The number of benzene rings is 1. The lowest BCUT2D eigenvalue weighted by Gasteiger charge is -2.20. The van der Waals surface area contributed by atoms with Gasteiger partial charge in [-0.15, -0.1) is 0 Å². The maximum Gasteiger partial charge on any atom is 0.0529 e. The first-order valence-electron chi connectivity index (χ1n) is 7.58. The van der Waals surface area contributed by atoms with Gasteiger partial charge in [-0.2, -0.15) is 0 Å². The number of hydrogen-bond acceptors (Lipinski definition) is 2. The van der Waals surface area contributed by atoms with Crippen LogP contribution in [0.3, 0.4) is 0 Å². The van der Waals surface area contributed by atoms with Crippen LogP contribution in [0.2, 0.25) is 0 Å². The third-order valence-electron chi connectivity index (χ3n) is 4.07. The Morgan fingerprint density at radius 1 is 1.30 bits per heavy atom. The Balaban J connectivity index is 1.81. The van der Waals surface area contributed by atoms with E-state index in [1.54, 1.807) is 0 Å². The zero-order valence-corrected chi connectivity index (χ0v) is 14.5. The third-order valence-corrected chi connectivity index (χ3v) is 6.00. The van der Waals surface area contributed by atoms with Gasteiger partial charge in [0.05, 0.1) is 10.8 Å². The SMILES string of the molecule is CCCNC1CCCC1CCS(=O)c1ccc(Br)cc1. The highest BCUT2D eigenvalue weighted by Crippen LogP contribution is 2.29. The molecule has 2 rings (SSSR count). The molecule has 1 aliphatic rings. The van der Waals surface area contributed by atoms with Crippen LogP contribution in [0.1, 0.15) is 39.0 Å². The molecule has 0 saturated heterocycles. The molecule has 4 heteroatoms. The second kappa shape index (κ2) is 8.30. The fourth-order valence-electron chi connectivity index (χ4n) is 2.94. The Bertz CT molecular complexity index is 435. The van der Waals surface area contributed by atoms with E-state index in [1.165, 1.54) is 25.7 Å². The molecule has 0 amide bonds. The van der Waals surface area contributed by atoms with Gasteiger partial charge >= 0.3 is 0 Å². The Morgan fingerprint density at radius 3 is 2.75 bits per heavy atom. The van der Waals surface area contributed by atoms with Crippen molar-refractivity contribution in [2.75, 3.05) is 12.3 Å². The summed E-state index contributed by atoms with van der Waals surface area (Å²) in [5, 5.41) is 3.65. The molecule has 0 aliphatic heterocycles. The van der Waals surface area contributed by atoms with Crippen LogP contribution in [0.25, 0.3) is 0 Å². The zero-order valence-electron chi connectivity index (χ0n) is 12.1. The summed E-state index contributed by atoms with van der Waals surface area (Å²) < 4.78 is 13.3. The fraction of sp³-hybridized carbons (Fsp3) is 0.625. The van der Waals surface area contributed by atoms with E-state index in [0.29, 0.717) is 12.0 Å². The standard InChI is InChI=1S/C16H24BrNOS/c1-2-11-18-16-5-3-4-13(16)10-12-20(19)15-8-6-14(17)7-9-15/h6-9,13,16,18H,2-5,10-12H2,1H3. The molecule has 1 N–H and O–H groups in total. The highest BCUT2D eigenvalue weighted by atomic mass is 79.9. The molecule has 0 aromatic heterocycles. The third kappa shape index (κ3) is 4.68. The second-order valence-corrected chi connectivity index (χ2v) is 8.03. The van der Waals surface area contributed by atoms with Gasteiger partial charge in [-0.3, -0.25) is 4.21 Å². The summed E-state index contributed by atoms with van der Waals surface area (Å²) in [5.74, 6) is 1.50. The molecule has 1 aromatic carbocycles. The average molecular weight is 358 g/mol. The van der Waals surface area contributed by atoms with E-state index >= 15 is 0 Å². The van der Waals surface area contributed by atoms with Crippen molar-refractivity contribution < 1.29 is 4.21 Å². The smallest absolute Gasteiger partial charge is 0.0529 e. The highest BCUT2D eigenvalue weighted by Gasteiger charge is 2.26. The van der Waals surface area contributed by atoms with Crippen molar-refractivity contribution in [1.29, 1.82) is 0 Å². The molecule has 0 spiro atoms. The molecule has 1 saturated carbocycles. The van der Waals surface area contributed by atoms with Crippen molar-refractivity contribution in [3.05, 3.63) is 28.7 Å². The Hall–Kier alpha value is -0.190.